The Bertz CT molecular complexity index is 807. The van der Waals surface area contributed by atoms with E-state index >= 15 is 0 Å². The van der Waals surface area contributed by atoms with E-state index in [4.69, 9.17) is 10.5 Å². The molecule has 3 rings (SSSR count). The topological polar surface area (TPSA) is 81.4 Å². The van der Waals surface area contributed by atoms with E-state index in [2.05, 4.69) is 27.3 Å². The van der Waals surface area contributed by atoms with E-state index < -0.39 is 5.97 Å². The number of aryl methyl sites for hydroxylation is 1. The lowest BCUT2D eigenvalue weighted by atomic mass is 9.88. The molecule has 0 heterocycles. The van der Waals surface area contributed by atoms with Gasteiger partial charge in [-0.2, -0.15) is 0 Å². The number of halogens is 1. The average molecular weight is 403 g/mol. The van der Waals surface area contributed by atoms with E-state index in [9.17, 15) is 9.59 Å². The van der Waals surface area contributed by atoms with Crippen molar-refractivity contribution in [2.24, 2.45) is 0 Å². The highest BCUT2D eigenvalue weighted by Crippen LogP contribution is 2.29. The highest BCUT2D eigenvalue weighted by molar-refractivity contribution is 9.10. The van der Waals surface area contributed by atoms with Crippen LogP contribution in [-0.4, -0.2) is 18.5 Å². The molecule has 130 valence electrons. The van der Waals surface area contributed by atoms with E-state index in [1.54, 1.807) is 18.2 Å². The smallest absolute Gasteiger partial charge is 0.340 e. The monoisotopic (exact) mass is 402 g/mol. The number of amides is 1. The number of hydrogen-bond donors (Lipinski definition) is 2. The molecule has 2 aromatic carbocycles. The zero-order chi connectivity index (χ0) is 17.8. The normalized spacial score (nSPS) is 16.0. The standard InChI is InChI=1S/C19H19BrN2O3/c20-13-8-9-16(21)15(10-13)19(24)25-11-18(23)22-17-7-3-5-12-4-1-2-6-14(12)17/h1-2,4,6,8-10,17H,3,5,7,11,21H2,(H,22,23)/t17-/m1/s1. The first-order valence-corrected chi connectivity index (χ1v) is 8.93. The van der Waals surface area contributed by atoms with Gasteiger partial charge in [-0.3, -0.25) is 4.79 Å². The number of carbonyl (C=O) groups excluding carboxylic acids is 2. The molecular weight excluding hydrogens is 384 g/mol. The predicted molar refractivity (Wildman–Crippen MR) is 99.1 cm³/mol. The minimum Gasteiger partial charge on any atom is -0.452 e. The first kappa shape index (κ1) is 17.5. The van der Waals surface area contributed by atoms with Crippen LogP contribution in [0.2, 0.25) is 0 Å². The third kappa shape index (κ3) is 4.20. The van der Waals surface area contributed by atoms with Crippen LogP contribution in [-0.2, 0) is 16.0 Å². The summed E-state index contributed by atoms with van der Waals surface area (Å²) in [5, 5.41) is 2.95. The van der Waals surface area contributed by atoms with Crippen molar-refractivity contribution in [3.05, 3.63) is 63.6 Å². The maximum absolute atomic E-state index is 12.2. The van der Waals surface area contributed by atoms with E-state index in [1.807, 2.05) is 18.2 Å². The summed E-state index contributed by atoms with van der Waals surface area (Å²) in [5.74, 6) is -0.929. The van der Waals surface area contributed by atoms with E-state index in [0.717, 1.165) is 29.3 Å². The van der Waals surface area contributed by atoms with Crippen LogP contribution in [0.1, 0.15) is 40.4 Å². The molecule has 5 nitrogen and oxygen atoms in total. The Balaban J connectivity index is 1.59. The van der Waals surface area contributed by atoms with Crippen molar-refractivity contribution in [3.8, 4) is 0 Å². The number of carbonyl (C=O) groups is 2. The van der Waals surface area contributed by atoms with Crippen molar-refractivity contribution in [3.63, 3.8) is 0 Å². The maximum Gasteiger partial charge on any atom is 0.340 e. The van der Waals surface area contributed by atoms with Crippen LogP contribution in [0.4, 0.5) is 5.69 Å². The third-order valence-corrected chi connectivity index (χ3v) is 4.77. The predicted octanol–water partition coefficient (Wildman–Crippen LogP) is 3.38. The number of nitrogens with one attached hydrogen (secondary N) is 1. The maximum atomic E-state index is 12.2. The molecule has 1 aliphatic carbocycles. The van der Waals surface area contributed by atoms with Crippen LogP contribution >= 0.6 is 15.9 Å². The Morgan fingerprint density at radius 2 is 2.04 bits per heavy atom. The molecule has 3 N–H and O–H groups in total. The van der Waals surface area contributed by atoms with Crippen LogP contribution in [0.5, 0.6) is 0 Å². The molecule has 0 saturated heterocycles. The minimum atomic E-state index is -0.613. The van der Waals surface area contributed by atoms with Crippen LogP contribution in [0.25, 0.3) is 0 Å². The zero-order valence-electron chi connectivity index (χ0n) is 13.6. The van der Waals surface area contributed by atoms with Gasteiger partial charge >= 0.3 is 5.97 Å². The molecule has 0 spiro atoms. The van der Waals surface area contributed by atoms with Crippen molar-refractivity contribution < 1.29 is 14.3 Å². The second-order valence-electron chi connectivity index (χ2n) is 6.02. The number of nitrogens with two attached hydrogens (primary N) is 1. The third-order valence-electron chi connectivity index (χ3n) is 4.27. The molecule has 0 fully saturated rings. The van der Waals surface area contributed by atoms with Gasteiger partial charge in [-0.25, -0.2) is 4.79 Å². The van der Waals surface area contributed by atoms with Gasteiger partial charge < -0.3 is 15.8 Å². The van der Waals surface area contributed by atoms with Crippen LogP contribution in [0.3, 0.4) is 0 Å². The van der Waals surface area contributed by atoms with Gasteiger partial charge in [0.1, 0.15) is 0 Å². The Labute approximate surface area is 154 Å². The van der Waals surface area contributed by atoms with Crippen LogP contribution in [0, 0.1) is 0 Å². The second kappa shape index (κ2) is 7.70. The lowest BCUT2D eigenvalue weighted by Crippen LogP contribution is -2.34. The number of benzene rings is 2. The average Bonchev–Trinajstić information content (AvgIpc) is 2.62. The summed E-state index contributed by atoms with van der Waals surface area (Å²) >= 11 is 3.28. The van der Waals surface area contributed by atoms with Crippen molar-refractivity contribution in [1.29, 1.82) is 0 Å². The van der Waals surface area contributed by atoms with Gasteiger partial charge in [0, 0.05) is 10.2 Å². The van der Waals surface area contributed by atoms with Gasteiger partial charge in [0.2, 0.25) is 0 Å². The summed E-state index contributed by atoms with van der Waals surface area (Å²) in [6.45, 7) is -0.330. The number of fused-ring (bicyclic) bond motifs is 1. The Morgan fingerprint density at radius 3 is 2.88 bits per heavy atom. The minimum absolute atomic E-state index is 0.0351. The Hall–Kier alpha value is -2.34. The number of nitrogen functional groups attached to an aromatic ring is 1. The molecule has 0 radical (unpaired) electrons. The van der Waals surface area contributed by atoms with Gasteiger partial charge in [0.05, 0.1) is 11.6 Å². The van der Waals surface area contributed by atoms with Gasteiger partial charge in [-0.05, 0) is 48.6 Å². The molecule has 0 saturated carbocycles. The lowest BCUT2D eigenvalue weighted by molar-refractivity contribution is -0.125. The van der Waals surface area contributed by atoms with E-state index in [-0.39, 0.29) is 24.1 Å². The van der Waals surface area contributed by atoms with E-state index in [0.29, 0.717) is 5.69 Å². The van der Waals surface area contributed by atoms with Gasteiger partial charge in [0.15, 0.2) is 6.61 Å². The number of esters is 1. The largest absolute Gasteiger partial charge is 0.452 e. The first-order valence-electron chi connectivity index (χ1n) is 8.14. The van der Waals surface area contributed by atoms with E-state index in [1.165, 1.54) is 5.56 Å². The number of hydrogen-bond acceptors (Lipinski definition) is 4. The fraction of sp³-hybridized carbons (Fsp3) is 0.263. The van der Waals surface area contributed by atoms with Crippen molar-refractivity contribution in [2.75, 3.05) is 12.3 Å². The summed E-state index contributed by atoms with van der Waals surface area (Å²) in [5.41, 5.74) is 8.74. The van der Waals surface area contributed by atoms with Crippen LogP contribution in [0.15, 0.2) is 46.9 Å². The molecule has 1 aliphatic rings. The highest BCUT2D eigenvalue weighted by atomic mass is 79.9. The quantitative estimate of drug-likeness (QED) is 0.606. The van der Waals surface area contributed by atoms with Crippen molar-refractivity contribution in [1.82, 2.24) is 5.32 Å². The summed E-state index contributed by atoms with van der Waals surface area (Å²) < 4.78 is 5.82. The molecule has 0 bridgehead atoms. The van der Waals surface area contributed by atoms with Crippen molar-refractivity contribution in [2.45, 2.75) is 25.3 Å². The van der Waals surface area contributed by atoms with Gasteiger partial charge in [0.25, 0.3) is 5.91 Å². The van der Waals surface area contributed by atoms with Crippen molar-refractivity contribution >= 4 is 33.5 Å². The molecule has 25 heavy (non-hydrogen) atoms. The Kier molecular flexibility index (Phi) is 5.38. The summed E-state index contributed by atoms with van der Waals surface area (Å²) in [6, 6.07) is 13.0. The summed E-state index contributed by atoms with van der Waals surface area (Å²) in [7, 11) is 0. The molecule has 6 heteroatoms. The fourth-order valence-corrected chi connectivity index (χ4v) is 3.42. The Morgan fingerprint density at radius 1 is 1.24 bits per heavy atom. The van der Waals surface area contributed by atoms with Crippen LogP contribution < -0.4 is 11.1 Å². The molecule has 0 aliphatic heterocycles. The SMILES string of the molecule is Nc1ccc(Br)cc1C(=O)OCC(=O)N[C@@H]1CCCc2ccccc21. The highest BCUT2D eigenvalue weighted by Gasteiger charge is 2.22. The number of ether oxygens (including phenoxy) is 1. The lowest BCUT2D eigenvalue weighted by Gasteiger charge is -2.26. The zero-order valence-corrected chi connectivity index (χ0v) is 15.2. The molecule has 1 amide bonds. The first-order chi connectivity index (χ1) is 12.0. The summed E-state index contributed by atoms with van der Waals surface area (Å²) in [6.07, 6.45) is 2.94. The van der Waals surface area contributed by atoms with Gasteiger partial charge in [-0.15, -0.1) is 0 Å². The molecular formula is C19H19BrN2O3. The van der Waals surface area contributed by atoms with Gasteiger partial charge in [-0.1, -0.05) is 40.2 Å². The second-order valence-corrected chi connectivity index (χ2v) is 6.93. The molecule has 0 unspecified atom stereocenters. The number of rotatable bonds is 4. The fourth-order valence-electron chi connectivity index (χ4n) is 3.05. The molecule has 0 aromatic heterocycles. The number of anilines is 1. The summed E-state index contributed by atoms with van der Waals surface area (Å²) in [4.78, 5) is 24.3. The molecule has 2 aromatic rings. The molecule has 1 atom stereocenters.